The number of sulfone groups is 1. The molecular weight excluding hydrogens is 388 g/mol. The summed E-state index contributed by atoms with van der Waals surface area (Å²) in [5, 5.41) is 9.14. The molecule has 1 aromatic carbocycles. The lowest BCUT2D eigenvalue weighted by Gasteiger charge is -2.38. The van der Waals surface area contributed by atoms with Gasteiger partial charge in [-0.3, -0.25) is 9.79 Å². The van der Waals surface area contributed by atoms with Gasteiger partial charge < -0.3 is 5.73 Å². The zero-order valence-electron chi connectivity index (χ0n) is 15.8. The molecule has 1 atom stereocenters. The number of hydrogen-bond donors (Lipinski definition) is 1. The summed E-state index contributed by atoms with van der Waals surface area (Å²) in [6.07, 6.45) is 0.654. The molecule has 2 N–H and O–H groups in total. The average molecular weight is 409 g/mol. The topological polar surface area (TPSA) is 113 Å². The van der Waals surface area contributed by atoms with Crippen LogP contribution in [0.3, 0.4) is 0 Å². The van der Waals surface area contributed by atoms with Crippen LogP contribution in [0.15, 0.2) is 17.1 Å². The molecule has 2 aliphatic rings. The Morgan fingerprint density at radius 1 is 1.29 bits per heavy atom. The Morgan fingerprint density at radius 2 is 1.89 bits per heavy atom. The lowest BCUT2D eigenvalue weighted by Crippen LogP contribution is -2.55. The number of nitrogens with two attached hydrogens (primary N) is 1. The lowest BCUT2D eigenvalue weighted by molar-refractivity contribution is -0.121. The maximum atomic E-state index is 14.6. The zero-order valence-corrected chi connectivity index (χ0v) is 16.7. The first-order chi connectivity index (χ1) is 12.8. The summed E-state index contributed by atoms with van der Waals surface area (Å²) in [5.74, 6) is -3.55. The number of amidine groups is 1. The summed E-state index contributed by atoms with van der Waals surface area (Å²) >= 11 is 0. The van der Waals surface area contributed by atoms with Crippen LogP contribution in [0.25, 0.3) is 0 Å². The molecule has 6 nitrogen and oxygen atoms in total. The largest absolute Gasteiger partial charge is 0.386 e. The maximum absolute atomic E-state index is 14.6. The first-order valence-corrected chi connectivity index (χ1v) is 10.4. The summed E-state index contributed by atoms with van der Waals surface area (Å²) in [4.78, 5) is 16.6. The molecule has 3 rings (SSSR count). The van der Waals surface area contributed by atoms with Gasteiger partial charge in [0.05, 0.1) is 11.8 Å². The van der Waals surface area contributed by atoms with E-state index in [1.807, 2.05) is 6.07 Å². The van der Waals surface area contributed by atoms with Gasteiger partial charge in [0.1, 0.15) is 21.5 Å². The maximum Gasteiger partial charge on any atom is 0.165 e. The summed E-state index contributed by atoms with van der Waals surface area (Å²) in [6.45, 7) is 4.18. The molecule has 1 saturated carbocycles. The Labute approximate surface area is 162 Å². The fourth-order valence-electron chi connectivity index (χ4n) is 3.35. The first kappa shape index (κ1) is 20.4. The predicted octanol–water partition coefficient (Wildman–Crippen LogP) is 2.16. The number of halogens is 2. The van der Waals surface area contributed by atoms with Crippen molar-refractivity contribution in [1.82, 2.24) is 0 Å². The van der Waals surface area contributed by atoms with Crippen LogP contribution in [-0.2, 0) is 26.6 Å². The van der Waals surface area contributed by atoms with Gasteiger partial charge >= 0.3 is 0 Å². The molecular formula is C19H21F2N3O3S. The minimum atomic E-state index is -3.80. The van der Waals surface area contributed by atoms with Crippen LogP contribution in [-0.4, -0.2) is 30.5 Å². The molecule has 0 unspecified atom stereocenters. The number of ketones is 1. The highest BCUT2D eigenvalue weighted by molar-refractivity contribution is 7.93. The van der Waals surface area contributed by atoms with Crippen LogP contribution in [0, 0.1) is 28.4 Å². The van der Waals surface area contributed by atoms with E-state index in [2.05, 4.69) is 4.99 Å². The smallest absolute Gasteiger partial charge is 0.165 e. The molecule has 0 spiro atoms. The van der Waals surface area contributed by atoms with Gasteiger partial charge in [0, 0.05) is 12.0 Å². The quantitative estimate of drug-likeness (QED) is 0.819. The van der Waals surface area contributed by atoms with E-state index in [4.69, 9.17) is 11.0 Å². The van der Waals surface area contributed by atoms with E-state index < -0.39 is 42.9 Å². The van der Waals surface area contributed by atoms with Crippen molar-refractivity contribution < 1.29 is 22.0 Å². The molecule has 0 saturated heterocycles. The number of carbonyl (C=O) groups is 1. The molecule has 1 aromatic rings. The molecule has 0 aromatic heterocycles. The number of carbonyl (C=O) groups excluding carboxylic acids is 1. The molecule has 1 heterocycles. The minimum Gasteiger partial charge on any atom is -0.386 e. The number of nitrogens with zero attached hydrogens (tertiary/aromatic N) is 2. The van der Waals surface area contributed by atoms with E-state index in [0.717, 1.165) is 6.07 Å². The van der Waals surface area contributed by atoms with Crippen LogP contribution in [0.2, 0.25) is 0 Å². The van der Waals surface area contributed by atoms with Crippen molar-refractivity contribution in [3.8, 4) is 6.07 Å². The van der Waals surface area contributed by atoms with E-state index >= 15 is 0 Å². The first-order valence-electron chi connectivity index (χ1n) is 8.79. The van der Waals surface area contributed by atoms with E-state index in [0.29, 0.717) is 12.8 Å². The molecule has 1 aliphatic heterocycles. The van der Waals surface area contributed by atoms with Gasteiger partial charge in [0.2, 0.25) is 0 Å². The van der Waals surface area contributed by atoms with Gasteiger partial charge in [-0.1, -0.05) is 0 Å². The molecule has 28 heavy (non-hydrogen) atoms. The monoisotopic (exact) mass is 409 g/mol. The summed E-state index contributed by atoms with van der Waals surface area (Å²) in [5.41, 5.74) is 3.07. The van der Waals surface area contributed by atoms with Crippen LogP contribution in [0.1, 0.15) is 44.7 Å². The summed E-state index contributed by atoms with van der Waals surface area (Å²) in [6, 6.07) is 4.11. The van der Waals surface area contributed by atoms with Crippen LogP contribution >= 0.6 is 0 Å². The minimum absolute atomic E-state index is 0.164. The molecule has 9 heteroatoms. The third kappa shape index (κ3) is 3.00. The van der Waals surface area contributed by atoms with Crippen molar-refractivity contribution in [2.45, 2.75) is 50.3 Å². The number of nitriles is 1. The molecule has 0 amide bonds. The van der Waals surface area contributed by atoms with Crippen LogP contribution < -0.4 is 5.73 Å². The van der Waals surface area contributed by atoms with E-state index in [1.54, 1.807) is 0 Å². The number of rotatable bonds is 4. The summed E-state index contributed by atoms with van der Waals surface area (Å²) < 4.78 is 52.8. The SMILES string of the molecule is CC1(C)C(N)=N[C@](C)(c2cc(CC(=O)C3(C#N)CC3)cc(F)c2F)CS1(=O)=O. The Balaban J connectivity index is 2.07. The van der Waals surface area contributed by atoms with E-state index in [-0.39, 0.29) is 29.2 Å². The predicted molar refractivity (Wildman–Crippen MR) is 99.2 cm³/mol. The fraction of sp³-hybridized carbons (Fsp3) is 0.526. The number of Topliss-reactive ketones (excluding diaryl/α,β-unsaturated/α-hetero) is 1. The second kappa shape index (κ2) is 6.08. The Bertz CT molecular complexity index is 1050. The van der Waals surface area contributed by atoms with Crippen LogP contribution in [0.4, 0.5) is 8.78 Å². The number of hydrogen-bond acceptors (Lipinski definition) is 6. The normalized spacial score (nSPS) is 26.8. The summed E-state index contributed by atoms with van der Waals surface area (Å²) in [7, 11) is -3.80. The molecule has 1 aliphatic carbocycles. The Kier molecular flexibility index (Phi) is 4.43. The lowest BCUT2D eigenvalue weighted by atomic mass is 9.89. The highest BCUT2D eigenvalue weighted by Crippen LogP contribution is 2.46. The van der Waals surface area contributed by atoms with E-state index in [9.17, 15) is 22.0 Å². The second-order valence-electron chi connectivity index (χ2n) is 8.27. The standard InChI is InChI=1S/C19H21F2N3O3S/c1-17(2)16(23)24-18(3,10-28(17,26)27)12-6-11(7-13(20)15(12)21)8-14(25)19(9-22)4-5-19/h6-7H,4-5,8,10H2,1-3H3,(H2,23,24)/t18-/m0/s1. The van der Waals surface area contributed by atoms with Crippen molar-refractivity contribution in [2.24, 2.45) is 16.1 Å². The van der Waals surface area contributed by atoms with Crippen molar-refractivity contribution in [1.29, 1.82) is 5.26 Å². The zero-order chi connectivity index (χ0) is 21.1. The van der Waals surface area contributed by atoms with Gasteiger partial charge in [-0.25, -0.2) is 17.2 Å². The van der Waals surface area contributed by atoms with Crippen LogP contribution in [0.5, 0.6) is 0 Å². The van der Waals surface area contributed by atoms with Crippen molar-refractivity contribution >= 4 is 21.5 Å². The highest BCUT2D eigenvalue weighted by Gasteiger charge is 2.51. The molecule has 150 valence electrons. The van der Waals surface area contributed by atoms with Crippen molar-refractivity contribution in [3.63, 3.8) is 0 Å². The Morgan fingerprint density at radius 3 is 2.39 bits per heavy atom. The third-order valence-electron chi connectivity index (χ3n) is 5.76. The highest BCUT2D eigenvalue weighted by atomic mass is 32.2. The van der Waals surface area contributed by atoms with Gasteiger partial charge in [-0.2, -0.15) is 5.26 Å². The second-order valence-corrected chi connectivity index (χ2v) is 10.8. The number of benzene rings is 1. The average Bonchev–Trinajstić information content (AvgIpc) is 3.37. The third-order valence-corrected chi connectivity index (χ3v) is 8.47. The molecule has 1 fully saturated rings. The van der Waals surface area contributed by atoms with Gasteiger partial charge in [0.25, 0.3) is 0 Å². The van der Waals surface area contributed by atoms with Crippen molar-refractivity contribution in [3.05, 3.63) is 34.9 Å². The van der Waals surface area contributed by atoms with Gasteiger partial charge in [-0.15, -0.1) is 0 Å². The Hall–Kier alpha value is -2.34. The van der Waals surface area contributed by atoms with Gasteiger partial charge in [-0.05, 0) is 51.3 Å². The molecule has 0 bridgehead atoms. The van der Waals surface area contributed by atoms with Gasteiger partial charge in [0.15, 0.2) is 27.3 Å². The van der Waals surface area contributed by atoms with E-state index in [1.165, 1.54) is 26.8 Å². The molecule has 0 radical (unpaired) electrons. The fourth-order valence-corrected chi connectivity index (χ4v) is 5.04. The number of aliphatic imine (C=N–C) groups is 1. The van der Waals surface area contributed by atoms with Crippen molar-refractivity contribution in [2.75, 3.05) is 5.75 Å².